The summed E-state index contributed by atoms with van der Waals surface area (Å²) in [5, 5.41) is 1.01. The zero-order chi connectivity index (χ0) is 17.0. The Morgan fingerprint density at radius 1 is 1.22 bits per heavy atom. The molecule has 0 radical (unpaired) electrons. The van der Waals surface area contributed by atoms with Crippen LogP contribution >= 0.6 is 23.2 Å². The smallest absolute Gasteiger partial charge is 0.410 e. The van der Waals surface area contributed by atoms with Crippen molar-refractivity contribution in [2.45, 2.75) is 39.2 Å². The molecule has 0 spiro atoms. The molecular weight excluding hydrogens is 337 g/mol. The Morgan fingerprint density at radius 3 is 2.43 bits per heavy atom. The summed E-state index contributed by atoms with van der Waals surface area (Å²) in [6, 6.07) is 5.26. The van der Waals surface area contributed by atoms with Crippen molar-refractivity contribution in [1.29, 1.82) is 0 Å². The molecule has 0 atom stereocenters. The molecule has 1 aliphatic heterocycles. The molecule has 0 saturated carbocycles. The molecule has 0 aliphatic carbocycles. The first-order valence-corrected chi connectivity index (χ1v) is 8.56. The van der Waals surface area contributed by atoms with Crippen molar-refractivity contribution >= 4 is 29.3 Å². The van der Waals surface area contributed by atoms with Gasteiger partial charge in [0.1, 0.15) is 11.4 Å². The minimum atomic E-state index is -0.453. The van der Waals surface area contributed by atoms with Gasteiger partial charge in [-0.25, -0.2) is 4.79 Å². The van der Waals surface area contributed by atoms with Crippen LogP contribution in [0.4, 0.5) is 4.79 Å². The van der Waals surface area contributed by atoms with Crippen molar-refractivity contribution in [3.63, 3.8) is 0 Å². The number of rotatable bonds is 3. The maximum absolute atomic E-state index is 12.0. The second kappa shape index (κ2) is 7.63. The van der Waals surface area contributed by atoms with Crippen LogP contribution in [0.25, 0.3) is 0 Å². The standard InChI is InChI=1S/C17H23Cl2NO3/c1-17(2,3)23-16(21)20-8-6-12(7-9-20)11-22-13-4-5-14(18)15(19)10-13/h4-5,10,12H,6-9,11H2,1-3H3. The summed E-state index contributed by atoms with van der Waals surface area (Å²) in [6.45, 7) is 7.64. The van der Waals surface area contributed by atoms with Gasteiger partial charge < -0.3 is 14.4 Å². The molecule has 1 aliphatic rings. The Kier molecular flexibility index (Phi) is 6.04. The number of piperidine rings is 1. The molecule has 1 amide bonds. The summed E-state index contributed by atoms with van der Waals surface area (Å²) in [5.41, 5.74) is -0.453. The number of ether oxygens (including phenoxy) is 2. The Morgan fingerprint density at radius 2 is 1.87 bits per heavy atom. The largest absolute Gasteiger partial charge is 0.493 e. The fourth-order valence-corrected chi connectivity index (χ4v) is 2.68. The van der Waals surface area contributed by atoms with Gasteiger partial charge in [0.25, 0.3) is 0 Å². The SMILES string of the molecule is CC(C)(C)OC(=O)N1CCC(COc2ccc(Cl)c(Cl)c2)CC1. The van der Waals surface area contributed by atoms with E-state index in [-0.39, 0.29) is 6.09 Å². The van der Waals surface area contributed by atoms with Crippen LogP contribution in [-0.4, -0.2) is 36.3 Å². The van der Waals surface area contributed by atoms with E-state index in [9.17, 15) is 4.79 Å². The summed E-state index contributed by atoms with van der Waals surface area (Å²) in [5.74, 6) is 1.14. The third-order valence-corrected chi connectivity index (χ3v) is 4.38. The second-order valence-electron chi connectivity index (χ2n) is 6.80. The maximum Gasteiger partial charge on any atom is 0.410 e. The molecule has 4 nitrogen and oxygen atoms in total. The van der Waals surface area contributed by atoms with Crippen molar-refractivity contribution < 1.29 is 14.3 Å². The lowest BCUT2D eigenvalue weighted by molar-refractivity contribution is 0.0165. The van der Waals surface area contributed by atoms with E-state index in [0.717, 1.165) is 12.8 Å². The summed E-state index contributed by atoms with van der Waals surface area (Å²) in [6.07, 6.45) is 1.57. The molecule has 0 N–H and O–H groups in total. The summed E-state index contributed by atoms with van der Waals surface area (Å²) < 4.78 is 11.2. The molecule has 1 aromatic rings. The van der Waals surface area contributed by atoms with Crippen LogP contribution in [0.3, 0.4) is 0 Å². The Hall–Kier alpha value is -1.13. The lowest BCUT2D eigenvalue weighted by Crippen LogP contribution is -2.42. The third-order valence-electron chi connectivity index (χ3n) is 3.64. The van der Waals surface area contributed by atoms with Crippen LogP contribution < -0.4 is 4.74 Å². The van der Waals surface area contributed by atoms with Gasteiger partial charge in [-0.15, -0.1) is 0 Å². The summed E-state index contributed by atoms with van der Waals surface area (Å²) in [7, 11) is 0. The minimum Gasteiger partial charge on any atom is -0.493 e. The van der Waals surface area contributed by atoms with Crippen LogP contribution in [0.15, 0.2) is 18.2 Å². The van der Waals surface area contributed by atoms with Crippen LogP contribution in [0, 0.1) is 5.92 Å². The molecule has 0 unspecified atom stereocenters. The fraction of sp³-hybridized carbons (Fsp3) is 0.588. The summed E-state index contributed by atoms with van der Waals surface area (Å²) in [4.78, 5) is 13.8. The van der Waals surface area contributed by atoms with Gasteiger partial charge in [0.2, 0.25) is 0 Å². The van der Waals surface area contributed by atoms with E-state index >= 15 is 0 Å². The second-order valence-corrected chi connectivity index (χ2v) is 7.61. The van der Waals surface area contributed by atoms with Gasteiger partial charge in [-0.05, 0) is 51.7 Å². The van der Waals surface area contributed by atoms with Crippen molar-refractivity contribution in [3.8, 4) is 5.75 Å². The highest BCUT2D eigenvalue weighted by atomic mass is 35.5. The van der Waals surface area contributed by atoms with Gasteiger partial charge in [-0.2, -0.15) is 0 Å². The first kappa shape index (κ1) is 18.2. The number of halogens is 2. The van der Waals surface area contributed by atoms with Crippen LogP contribution in [0.2, 0.25) is 10.0 Å². The van der Waals surface area contributed by atoms with E-state index in [0.29, 0.717) is 41.4 Å². The summed E-state index contributed by atoms with van der Waals surface area (Å²) >= 11 is 11.9. The zero-order valence-corrected chi connectivity index (χ0v) is 15.3. The van der Waals surface area contributed by atoms with E-state index in [4.69, 9.17) is 32.7 Å². The monoisotopic (exact) mass is 359 g/mol. The molecule has 1 fully saturated rings. The first-order valence-electron chi connectivity index (χ1n) is 7.80. The number of amides is 1. The highest BCUT2D eigenvalue weighted by molar-refractivity contribution is 6.42. The molecule has 0 bridgehead atoms. The van der Waals surface area contributed by atoms with Crippen LogP contribution in [0.1, 0.15) is 33.6 Å². The Labute approximate surface area is 147 Å². The number of nitrogens with zero attached hydrogens (tertiary/aromatic N) is 1. The lowest BCUT2D eigenvalue weighted by Gasteiger charge is -2.33. The predicted molar refractivity (Wildman–Crippen MR) is 92.5 cm³/mol. The van der Waals surface area contributed by atoms with Gasteiger partial charge in [-0.1, -0.05) is 23.2 Å². The highest BCUT2D eigenvalue weighted by Gasteiger charge is 2.27. The number of carbonyl (C=O) groups excluding carboxylic acids is 1. The topological polar surface area (TPSA) is 38.8 Å². The molecule has 2 rings (SSSR count). The van der Waals surface area contributed by atoms with Crippen molar-refractivity contribution in [3.05, 3.63) is 28.2 Å². The van der Waals surface area contributed by atoms with E-state index in [1.54, 1.807) is 17.0 Å². The average Bonchev–Trinajstić information content (AvgIpc) is 2.47. The molecule has 1 aromatic carbocycles. The number of hydrogen-bond donors (Lipinski definition) is 0. The third kappa shape index (κ3) is 5.78. The lowest BCUT2D eigenvalue weighted by atomic mass is 9.98. The normalized spacial score (nSPS) is 16.3. The zero-order valence-electron chi connectivity index (χ0n) is 13.8. The average molecular weight is 360 g/mol. The van der Waals surface area contributed by atoms with Gasteiger partial charge in [0, 0.05) is 19.2 Å². The van der Waals surface area contributed by atoms with Crippen LogP contribution in [0.5, 0.6) is 5.75 Å². The Bertz CT molecular complexity index is 549. The van der Waals surface area contributed by atoms with E-state index in [1.807, 2.05) is 26.8 Å². The van der Waals surface area contributed by atoms with Gasteiger partial charge in [0.05, 0.1) is 16.7 Å². The number of benzene rings is 1. The highest BCUT2D eigenvalue weighted by Crippen LogP contribution is 2.27. The van der Waals surface area contributed by atoms with Crippen molar-refractivity contribution in [2.24, 2.45) is 5.92 Å². The maximum atomic E-state index is 12.0. The molecule has 6 heteroatoms. The minimum absolute atomic E-state index is 0.235. The van der Waals surface area contributed by atoms with Crippen molar-refractivity contribution in [2.75, 3.05) is 19.7 Å². The molecule has 23 heavy (non-hydrogen) atoms. The molecular formula is C17H23Cl2NO3. The van der Waals surface area contributed by atoms with Crippen LogP contribution in [-0.2, 0) is 4.74 Å². The van der Waals surface area contributed by atoms with E-state index < -0.39 is 5.60 Å². The van der Waals surface area contributed by atoms with Gasteiger partial charge >= 0.3 is 6.09 Å². The Balaban J connectivity index is 1.76. The predicted octanol–water partition coefficient (Wildman–Crippen LogP) is 5.02. The first-order chi connectivity index (χ1) is 10.7. The fourth-order valence-electron chi connectivity index (χ4n) is 2.39. The number of hydrogen-bond acceptors (Lipinski definition) is 3. The molecule has 0 aromatic heterocycles. The molecule has 128 valence electrons. The number of carbonyl (C=O) groups is 1. The van der Waals surface area contributed by atoms with Gasteiger partial charge in [-0.3, -0.25) is 0 Å². The molecule has 1 heterocycles. The van der Waals surface area contributed by atoms with E-state index in [1.165, 1.54) is 0 Å². The number of likely N-dealkylation sites (tertiary alicyclic amines) is 1. The quantitative estimate of drug-likeness (QED) is 0.760. The van der Waals surface area contributed by atoms with Crippen molar-refractivity contribution in [1.82, 2.24) is 4.90 Å². The van der Waals surface area contributed by atoms with E-state index in [2.05, 4.69) is 0 Å². The molecule has 1 saturated heterocycles. The van der Waals surface area contributed by atoms with Gasteiger partial charge in [0.15, 0.2) is 0 Å².